The van der Waals surface area contributed by atoms with Crippen LogP contribution in [0.2, 0.25) is 0 Å². The van der Waals surface area contributed by atoms with E-state index in [1.165, 1.54) is 4.88 Å². The predicted molar refractivity (Wildman–Crippen MR) is 110 cm³/mol. The second kappa shape index (κ2) is 10.2. The zero-order valence-corrected chi connectivity index (χ0v) is 16.3. The van der Waals surface area contributed by atoms with Crippen LogP contribution >= 0.6 is 11.3 Å². The fourth-order valence-electron chi connectivity index (χ4n) is 3.34. The van der Waals surface area contributed by atoms with Crippen LogP contribution < -0.4 is 10.6 Å². The molecule has 5 nitrogen and oxygen atoms in total. The second-order valence-electron chi connectivity index (χ2n) is 6.97. The van der Waals surface area contributed by atoms with Gasteiger partial charge in [0.2, 0.25) is 11.8 Å². The molecule has 0 atom stereocenters. The molecule has 144 valence electrons. The van der Waals surface area contributed by atoms with Gasteiger partial charge in [-0.05, 0) is 49.3 Å². The minimum atomic E-state index is 0.0114. The van der Waals surface area contributed by atoms with Crippen LogP contribution in [0.3, 0.4) is 0 Å². The van der Waals surface area contributed by atoms with E-state index in [0.717, 1.165) is 44.5 Å². The predicted octanol–water partition coefficient (Wildman–Crippen LogP) is 3.29. The molecule has 1 aromatic heterocycles. The standard InChI is InChI=1S/C21H27N3O2S/c25-20(10-4-8-19-9-5-15-27-19)22-18-11-13-24(14-12-18)16-21(26)23-17-6-2-1-3-7-17/h1-3,5-7,9,15,18H,4,8,10-14,16H2,(H,22,25)(H,23,26). The Balaban J connectivity index is 1.30. The maximum Gasteiger partial charge on any atom is 0.238 e. The van der Waals surface area contributed by atoms with Crippen molar-refractivity contribution in [2.45, 2.75) is 38.1 Å². The van der Waals surface area contributed by atoms with E-state index in [1.54, 1.807) is 11.3 Å². The highest BCUT2D eigenvalue weighted by Gasteiger charge is 2.22. The minimum Gasteiger partial charge on any atom is -0.353 e. The van der Waals surface area contributed by atoms with Crippen molar-refractivity contribution in [2.24, 2.45) is 0 Å². The summed E-state index contributed by atoms with van der Waals surface area (Å²) in [5.41, 5.74) is 0.826. The summed E-state index contributed by atoms with van der Waals surface area (Å²) >= 11 is 1.75. The maximum atomic E-state index is 12.1. The van der Waals surface area contributed by atoms with E-state index in [9.17, 15) is 9.59 Å². The highest BCUT2D eigenvalue weighted by Crippen LogP contribution is 2.14. The number of amides is 2. The highest BCUT2D eigenvalue weighted by molar-refractivity contribution is 7.09. The normalized spacial score (nSPS) is 15.4. The van der Waals surface area contributed by atoms with Crippen LogP contribution in [0.1, 0.15) is 30.6 Å². The van der Waals surface area contributed by atoms with E-state index in [0.29, 0.717) is 13.0 Å². The van der Waals surface area contributed by atoms with Gasteiger partial charge in [-0.3, -0.25) is 14.5 Å². The lowest BCUT2D eigenvalue weighted by Gasteiger charge is -2.31. The van der Waals surface area contributed by atoms with Gasteiger partial charge in [-0.2, -0.15) is 0 Å². The summed E-state index contributed by atoms with van der Waals surface area (Å²) < 4.78 is 0. The molecule has 2 heterocycles. The molecule has 2 amide bonds. The lowest BCUT2D eigenvalue weighted by molar-refractivity contribution is -0.122. The van der Waals surface area contributed by atoms with Crippen molar-refractivity contribution < 1.29 is 9.59 Å². The Morgan fingerprint density at radius 3 is 2.52 bits per heavy atom. The lowest BCUT2D eigenvalue weighted by Crippen LogP contribution is -2.46. The lowest BCUT2D eigenvalue weighted by atomic mass is 10.0. The Morgan fingerprint density at radius 1 is 1.04 bits per heavy atom. The summed E-state index contributed by atoms with van der Waals surface area (Å²) in [7, 11) is 0. The number of nitrogens with zero attached hydrogens (tertiary/aromatic N) is 1. The molecule has 1 aromatic carbocycles. The fraction of sp³-hybridized carbons (Fsp3) is 0.429. The minimum absolute atomic E-state index is 0.0114. The van der Waals surface area contributed by atoms with Gasteiger partial charge >= 0.3 is 0 Å². The number of benzene rings is 1. The second-order valence-corrected chi connectivity index (χ2v) is 8.00. The molecule has 0 spiro atoms. The van der Waals surface area contributed by atoms with Crippen LogP contribution in [0.4, 0.5) is 5.69 Å². The fourth-order valence-corrected chi connectivity index (χ4v) is 4.09. The van der Waals surface area contributed by atoms with E-state index in [1.807, 2.05) is 36.4 Å². The summed E-state index contributed by atoms with van der Waals surface area (Å²) in [4.78, 5) is 27.7. The molecule has 0 aliphatic carbocycles. The summed E-state index contributed by atoms with van der Waals surface area (Å²) in [6, 6.07) is 13.9. The van der Waals surface area contributed by atoms with E-state index in [4.69, 9.17) is 0 Å². The number of aryl methyl sites for hydroxylation is 1. The molecule has 2 N–H and O–H groups in total. The van der Waals surface area contributed by atoms with E-state index < -0.39 is 0 Å². The maximum absolute atomic E-state index is 12.1. The molecule has 1 saturated heterocycles. The Hall–Kier alpha value is -2.18. The molecule has 0 unspecified atom stereocenters. The molecule has 1 aliphatic heterocycles. The summed E-state index contributed by atoms with van der Waals surface area (Å²) in [6.45, 7) is 2.07. The summed E-state index contributed by atoms with van der Waals surface area (Å²) in [5.74, 6) is 0.157. The van der Waals surface area contributed by atoms with Gasteiger partial charge in [0.05, 0.1) is 6.54 Å². The molecule has 0 bridgehead atoms. The average molecular weight is 386 g/mol. The van der Waals surface area contributed by atoms with Crippen LogP contribution in [0.25, 0.3) is 0 Å². The largest absolute Gasteiger partial charge is 0.353 e. The first-order valence-corrected chi connectivity index (χ1v) is 10.5. The number of anilines is 1. The van der Waals surface area contributed by atoms with Crippen molar-refractivity contribution in [3.63, 3.8) is 0 Å². The molecule has 0 radical (unpaired) electrons. The number of para-hydroxylation sites is 1. The number of thiophene rings is 1. The van der Waals surface area contributed by atoms with Crippen molar-refractivity contribution in [2.75, 3.05) is 25.0 Å². The Labute approximate surface area is 164 Å². The smallest absolute Gasteiger partial charge is 0.238 e. The van der Waals surface area contributed by atoms with Gasteiger partial charge in [0.1, 0.15) is 0 Å². The van der Waals surface area contributed by atoms with Crippen LogP contribution in [0.5, 0.6) is 0 Å². The summed E-state index contributed by atoms with van der Waals surface area (Å²) in [5, 5.41) is 8.14. The quantitative estimate of drug-likeness (QED) is 0.733. The zero-order chi connectivity index (χ0) is 18.9. The van der Waals surface area contributed by atoms with Crippen molar-refractivity contribution in [1.82, 2.24) is 10.2 Å². The number of hydrogen-bond acceptors (Lipinski definition) is 4. The average Bonchev–Trinajstić information content (AvgIpc) is 3.17. The van der Waals surface area contributed by atoms with Crippen molar-refractivity contribution in [1.29, 1.82) is 0 Å². The molecule has 1 aliphatic rings. The summed E-state index contributed by atoms with van der Waals surface area (Å²) in [6.07, 6.45) is 4.24. The third-order valence-electron chi connectivity index (χ3n) is 4.78. The van der Waals surface area contributed by atoms with E-state index >= 15 is 0 Å². The number of carbonyl (C=O) groups excluding carboxylic acids is 2. The molecular formula is C21H27N3O2S. The number of rotatable bonds is 8. The third-order valence-corrected chi connectivity index (χ3v) is 5.72. The third kappa shape index (κ3) is 6.81. The van der Waals surface area contributed by atoms with Crippen molar-refractivity contribution >= 4 is 28.8 Å². The van der Waals surface area contributed by atoms with Crippen molar-refractivity contribution in [3.05, 3.63) is 52.7 Å². The monoisotopic (exact) mass is 385 g/mol. The van der Waals surface area contributed by atoms with E-state index in [-0.39, 0.29) is 17.9 Å². The Bertz CT molecular complexity index is 710. The molecule has 2 aromatic rings. The van der Waals surface area contributed by atoms with Gasteiger partial charge in [0, 0.05) is 36.1 Å². The van der Waals surface area contributed by atoms with Crippen LogP contribution in [0, 0.1) is 0 Å². The van der Waals surface area contributed by atoms with Gasteiger partial charge in [-0.15, -0.1) is 11.3 Å². The number of piperidine rings is 1. The zero-order valence-electron chi connectivity index (χ0n) is 15.5. The molecule has 3 rings (SSSR count). The molecule has 1 fully saturated rings. The molecular weight excluding hydrogens is 358 g/mol. The molecule has 6 heteroatoms. The first-order valence-electron chi connectivity index (χ1n) is 9.58. The SMILES string of the molecule is O=C(CN1CCC(NC(=O)CCCc2cccs2)CC1)Nc1ccccc1. The first kappa shape index (κ1) is 19.6. The number of nitrogens with one attached hydrogen (secondary N) is 2. The topological polar surface area (TPSA) is 61.4 Å². The van der Waals surface area contributed by atoms with E-state index in [2.05, 4.69) is 27.0 Å². The van der Waals surface area contributed by atoms with Gasteiger partial charge in [0.25, 0.3) is 0 Å². The van der Waals surface area contributed by atoms with Crippen LogP contribution in [-0.4, -0.2) is 42.4 Å². The van der Waals surface area contributed by atoms with Crippen LogP contribution in [-0.2, 0) is 16.0 Å². The number of carbonyl (C=O) groups is 2. The van der Waals surface area contributed by atoms with Gasteiger partial charge in [-0.1, -0.05) is 24.3 Å². The van der Waals surface area contributed by atoms with Gasteiger partial charge in [0.15, 0.2) is 0 Å². The molecule has 0 saturated carbocycles. The van der Waals surface area contributed by atoms with Gasteiger partial charge < -0.3 is 10.6 Å². The number of hydrogen-bond donors (Lipinski definition) is 2. The van der Waals surface area contributed by atoms with Crippen LogP contribution in [0.15, 0.2) is 47.8 Å². The highest BCUT2D eigenvalue weighted by atomic mass is 32.1. The number of likely N-dealkylation sites (tertiary alicyclic amines) is 1. The molecule has 27 heavy (non-hydrogen) atoms. The Kier molecular flexibility index (Phi) is 7.42. The first-order chi connectivity index (χ1) is 13.2. The van der Waals surface area contributed by atoms with Crippen molar-refractivity contribution in [3.8, 4) is 0 Å². The van der Waals surface area contributed by atoms with Gasteiger partial charge in [-0.25, -0.2) is 0 Å². The Morgan fingerprint density at radius 2 is 1.81 bits per heavy atom.